The molecule has 1 N–H and O–H groups in total. The molecule has 0 bridgehead atoms. The van der Waals surface area contributed by atoms with E-state index in [0.717, 1.165) is 22.6 Å². The summed E-state index contributed by atoms with van der Waals surface area (Å²) >= 11 is 0. The van der Waals surface area contributed by atoms with E-state index >= 15 is 0 Å². The smallest absolute Gasteiger partial charge is 0.338 e. The number of methoxy groups -OCH3 is 1. The van der Waals surface area contributed by atoms with Gasteiger partial charge >= 0.3 is 5.97 Å². The van der Waals surface area contributed by atoms with E-state index in [1.807, 2.05) is 54.6 Å². The van der Waals surface area contributed by atoms with Crippen LogP contribution in [0.5, 0.6) is 5.75 Å². The molecule has 0 radical (unpaired) electrons. The van der Waals surface area contributed by atoms with Crippen LogP contribution in [0.4, 0.5) is 5.69 Å². The molecule has 0 aromatic heterocycles. The highest BCUT2D eigenvalue weighted by Gasteiger charge is 2.09. The number of rotatable bonds is 8. The zero-order chi connectivity index (χ0) is 20.6. The van der Waals surface area contributed by atoms with E-state index in [-0.39, 0.29) is 18.4 Å². The van der Waals surface area contributed by atoms with Crippen molar-refractivity contribution in [2.45, 2.75) is 6.92 Å². The molecular formula is C24H23NO4. The number of Topliss-reactive ketones (excluding diaryl/α,β-unsaturated/α-hetero) is 1. The van der Waals surface area contributed by atoms with Crippen LogP contribution in [0.3, 0.4) is 0 Å². The zero-order valence-electron chi connectivity index (χ0n) is 16.5. The Labute approximate surface area is 170 Å². The van der Waals surface area contributed by atoms with Gasteiger partial charge in [-0.25, -0.2) is 4.79 Å². The lowest BCUT2D eigenvalue weighted by atomic mass is 10.0. The Morgan fingerprint density at radius 2 is 1.48 bits per heavy atom. The third-order valence-electron chi connectivity index (χ3n) is 4.50. The van der Waals surface area contributed by atoms with E-state index in [9.17, 15) is 9.59 Å². The number of para-hydroxylation sites is 1. The number of ketones is 1. The van der Waals surface area contributed by atoms with Gasteiger partial charge in [0.2, 0.25) is 0 Å². The lowest BCUT2D eigenvalue weighted by Gasteiger charge is -2.11. The van der Waals surface area contributed by atoms with Gasteiger partial charge in [0.1, 0.15) is 12.4 Å². The molecule has 148 valence electrons. The molecular weight excluding hydrogens is 366 g/mol. The molecule has 3 aromatic rings. The van der Waals surface area contributed by atoms with E-state index in [1.165, 1.54) is 6.92 Å². The Balaban J connectivity index is 1.52. The Morgan fingerprint density at radius 3 is 2.10 bits per heavy atom. The van der Waals surface area contributed by atoms with Crippen molar-refractivity contribution in [1.82, 2.24) is 0 Å². The fourth-order valence-corrected chi connectivity index (χ4v) is 2.94. The second kappa shape index (κ2) is 9.55. The van der Waals surface area contributed by atoms with Gasteiger partial charge in [-0.15, -0.1) is 0 Å². The van der Waals surface area contributed by atoms with Crippen LogP contribution in [-0.2, 0) is 4.74 Å². The number of hydrogen-bond acceptors (Lipinski definition) is 5. The van der Waals surface area contributed by atoms with Gasteiger partial charge in [-0.05, 0) is 54.4 Å². The highest BCUT2D eigenvalue weighted by molar-refractivity contribution is 5.99. The Kier molecular flexibility index (Phi) is 6.63. The summed E-state index contributed by atoms with van der Waals surface area (Å²) in [5.74, 6) is 0.406. The van der Waals surface area contributed by atoms with Crippen LogP contribution in [0.1, 0.15) is 27.6 Å². The first-order chi connectivity index (χ1) is 14.1. The number of ether oxygens (including phenoxy) is 2. The molecule has 0 saturated carbocycles. The highest BCUT2D eigenvalue weighted by atomic mass is 16.5. The summed E-state index contributed by atoms with van der Waals surface area (Å²) < 4.78 is 10.5. The number of benzene rings is 3. The second-order valence-electron chi connectivity index (χ2n) is 6.47. The van der Waals surface area contributed by atoms with Crippen LogP contribution >= 0.6 is 0 Å². The van der Waals surface area contributed by atoms with Crippen molar-refractivity contribution in [3.8, 4) is 16.9 Å². The number of carbonyl (C=O) groups is 2. The van der Waals surface area contributed by atoms with Crippen molar-refractivity contribution in [2.75, 3.05) is 25.6 Å². The van der Waals surface area contributed by atoms with Gasteiger partial charge in [0.05, 0.1) is 12.7 Å². The number of carbonyl (C=O) groups excluding carboxylic acids is 2. The Hall–Kier alpha value is -3.60. The molecule has 0 amide bonds. The molecule has 3 rings (SSSR count). The van der Waals surface area contributed by atoms with Crippen molar-refractivity contribution in [3.63, 3.8) is 0 Å². The van der Waals surface area contributed by atoms with Crippen LogP contribution in [0.2, 0.25) is 0 Å². The third-order valence-corrected chi connectivity index (χ3v) is 4.50. The molecule has 0 aliphatic heterocycles. The monoisotopic (exact) mass is 389 g/mol. The first-order valence-corrected chi connectivity index (χ1v) is 9.34. The Morgan fingerprint density at radius 1 is 0.862 bits per heavy atom. The van der Waals surface area contributed by atoms with Crippen molar-refractivity contribution in [2.24, 2.45) is 0 Å². The second-order valence-corrected chi connectivity index (χ2v) is 6.47. The summed E-state index contributed by atoms with van der Waals surface area (Å²) in [5, 5.41) is 3.13. The van der Waals surface area contributed by atoms with Crippen molar-refractivity contribution < 1.29 is 19.1 Å². The molecule has 0 aliphatic rings. The third kappa shape index (κ3) is 5.23. The lowest BCUT2D eigenvalue weighted by Crippen LogP contribution is -2.15. The maximum absolute atomic E-state index is 12.2. The first kappa shape index (κ1) is 20.1. The summed E-state index contributed by atoms with van der Waals surface area (Å²) in [5.41, 5.74) is 3.89. The normalized spacial score (nSPS) is 10.3. The molecule has 0 fully saturated rings. The highest BCUT2D eigenvalue weighted by Crippen LogP contribution is 2.23. The van der Waals surface area contributed by atoms with Crippen LogP contribution in [-0.4, -0.2) is 32.0 Å². The first-order valence-electron chi connectivity index (χ1n) is 9.34. The van der Waals surface area contributed by atoms with Gasteiger partial charge in [0, 0.05) is 17.8 Å². The number of hydrogen-bond donors (Lipinski definition) is 1. The summed E-state index contributed by atoms with van der Waals surface area (Å²) in [7, 11) is 1.63. The molecule has 3 aromatic carbocycles. The van der Waals surface area contributed by atoms with Gasteiger partial charge in [-0.3, -0.25) is 4.79 Å². The van der Waals surface area contributed by atoms with Crippen LogP contribution in [0.15, 0.2) is 72.8 Å². The van der Waals surface area contributed by atoms with E-state index in [0.29, 0.717) is 17.7 Å². The van der Waals surface area contributed by atoms with Gasteiger partial charge in [0.25, 0.3) is 0 Å². The molecule has 0 saturated heterocycles. The summed E-state index contributed by atoms with van der Waals surface area (Å²) in [6, 6.07) is 22.3. The van der Waals surface area contributed by atoms with E-state index in [4.69, 9.17) is 9.47 Å². The largest absolute Gasteiger partial charge is 0.497 e. The SMILES string of the molecule is COc1ccc(-c2ccc(C(=O)OCCNc3ccccc3C(C)=O)cc2)cc1. The van der Waals surface area contributed by atoms with Gasteiger partial charge in [-0.1, -0.05) is 36.4 Å². The van der Waals surface area contributed by atoms with Crippen molar-refractivity contribution >= 4 is 17.4 Å². The number of esters is 1. The Bertz CT molecular complexity index is 979. The maximum Gasteiger partial charge on any atom is 0.338 e. The molecule has 0 heterocycles. The summed E-state index contributed by atoms with van der Waals surface area (Å²) in [4.78, 5) is 23.9. The molecule has 5 nitrogen and oxygen atoms in total. The average molecular weight is 389 g/mol. The summed E-state index contributed by atoms with van der Waals surface area (Å²) in [6.07, 6.45) is 0. The fraction of sp³-hybridized carbons (Fsp3) is 0.167. The lowest BCUT2D eigenvalue weighted by molar-refractivity contribution is 0.0520. The number of anilines is 1. The minimum Gasteiger partial charge on any atom is -0.497 e. The van der Waals surface area contributed by atoms with Crippen LogP contribution in [0.25, 0.3) is 11.1 Å². The quantitative estimate of drug-likeness (QED) is 0.339. The van der Waals surface area contributed by atoms with Gasteiger partial charge in [0.15, 0.2) is 5.78 Å². The number of nitrogens with one attached hydrogen (secondary N) is 1. The van der Waals surface area contributed by atoms with Crippen molar-refractivity contribution in [3.05, 3.63) is 83.9 Å². The maximum atomic E-state index is 12.2. The zero-order valence-corrected chi connectivity index (χ0v) is 16.5. The molecule has 0 spiro atoms. The van der Waals surface area contributed by atoms with Crippen LogP contribution < -0.4 is 10.1 Å². The van der Waals surface area contributed by atoms with E-state index in [2.05, 4.69) is 5.32 Å². The standard InChI is InChI=1S/C24H23NO4/c1-17(26)22-5-3-4-6-23(22)25-15-16-29-24(27)20-9-7-18(8-10-20)19-11-13-21(28-2)14-12-19/h3-14,25H,15-16H2,1-2H3. The van der Waals surface area contributed by atoms with Crippen molar-refractivity contribution in [1.29, 1.82) is 0 Å². The predicted octanol–water partition coefficient (Wildman–Crippen LogP) is 4.83. The van der Waals surface area contributed by atoms with Gasteiger partial charge in [-0.2, -0.15) is 0 Å². The topological polar surface area (TPSA) is 64.6 Å². The predicted molar refractivity (Wildman–Crippen MR) is 114 cm³/mol. The molecule has 0 aliphatic carbocycles. The summed E-state index contributed by atoms with van der Waals surface area (Å²) in [6.45, 7) is 2.14. The molecule has 0 unspecified atom stereocenters. The van der Waals surface area contributed by atoms with E-state index in [1.54, 1.807) is 25.3 Å². The van der Waals surface area contributed by atoms with Crippen LogP contribution in [0, 0.1) is 0 Å². The fourth-order valence-electron chi connectivity index (χ4n) is 2.94. The molecule has 29 heavy (non-hydrogen) atoms. The van der Waals surface area contributed by atoms with E-state index < -0.39 is 0 Å². The minimum absolute atomic E-state index is 0.0120. The molecule has 5 heteroatoms. The average Bonchev–Trinajstić information content (AvgIpc) is 2.77. The van der Waals surface area contributed by atoms with Gasteiger partial charge < -0.3 is 14.8 Å². The minimum atomic E-state index is -0.382. The molecule has 0 atom stereocenters.